The van der Waals surface area contributed by atoms with E-state index in [9.17, 15) is 4.79 Å². The highest BCUT2D eigenvalue weighted by Crippen LogP contribution is 2.35. The monoisotopic (exact) mass is 392 g/mol. The van der Waals surface area contributed by atoms with Crippen LogP contribution in [0.2, 0.25) is 0 Å². The fourth-order valence-corrected chi connectivity index (χ4v) is 3.75. The zero-order valence-corrected chi connectivity index (χ0v) is 16.7. The van der Waals surface area contributed by atoms with Crippen LogP contribution in [0.15, 0.2) is 47.2 Å². The Morgan fingerprint density at radius 2 is 2.14 bits per heavy atom. The largest absolute Gasteiger partial charge is 0.493 e. The Balaban J connectivity index is 1.61. The third-order valence-electron chi connectivity index (χ3n) is 5.18. The summed E-state index contributed by atoms with van der Waals surface area (Å²) in [5, 5.41) is 4.18. The van der Waals surface area contributed by atoms with Gasteiger partial charge in [-0.05, 0) is 49.9 Å². The van der Waals surface area contributed by atoms with Crippen molar-refractivity contribution in [2.45, 2.75) is 39.2 Å². The second-order valence-corrected chi connectivity index (χ2v) is 6.93. The van der Waals surface area contributed by atoms with Gasteiger partial charge in [0, 0.05) is 24.5 Å². The molecule has 1 fully saturated rings. The average Bonchev–Trinajstić information content (AvgIpc) is 3.43. The number of benzene rings is 1. The van der Waals surface area contributed by atoms with Crippen LogP contribution >= 0.6 is 0 Å². The van der Waals surface area contributed by atoms with E-state index in [-0.39, 0.29) is 11.9 Å². The number of pyridine rings is 1. The summed E-state index contributed by atoms with van der Waals surface area (Å²) in [6.45, 7) is 5.13. The maximum atomic E-state index is 13.3. The van der Waals surface area contributed by atoms with E-state index in [1.54, 1.807) is 12.3 Å². The van der Waals surface area contributed by atoms with E-state index in [0.29, 0.717) is 36.2 Å². The van der Waals surface area contributed by atoms with Crippen LogP contribution in [-0.4, -0.2) is 39.1 Å². The fraction of sp³-hybridized carbons (Fsp3) is 0.364. The summed E-state index contributed by atoms with van der Waals surface area (Å²) >= 11 is 0. The summed E-state index contributed by atoms with van der Waals surface area (Å²) in [6.07, 6.45) is 6.05. The molecule has 3 aromatic rings. The second kappa shape index (κ2) is 8.43. The first-order chi connectivity index (χ1) is 14.2. The van der Waals surface area contributed by atoms with Crippen LogP contribution in [0.25, 0.3) is 11.4 Å². The number of nitrogens with zero attached hydrogens (tertiary/aromatic N) is 4. The molecule has 3 heterocycles. The number of hydrogen-bond donors (Lipinski definition) is 0. The molecule has 7 heteroatoms. The summed E-state index contributed by atoms with van der Waals surface area (Å²) in [5.41, 5.74) is 2.53. The number of aryl methyl sites for hydroxylation is 1. The molecule has 29 heavy (non-hydrogen) atoms. The van der Waals surface area contributed by atoms with E-state index in [1.807, 2.05) is 42.3 Å². The van der Waals surface area contributed by atoms with Crippen LogP contribution in [0.5, 0.6) is 5.75 Å². The summed E-state index contributed by atoms with van der Waals surface area (Å²) < 4.78 is 11.2. The Bertz CT molecular complexity index is 1000. The number of carbonyl (C=O) groups is 1. The first kappa shape index (κ1) is 19.1. The molecular weight excluding hydrogens is 368 g/mol. The Morgan fingerprint density at radius 1 is 1.28 bits per heavy atom. The van der Waals surface area contributed by atoms with Gasteiger partial charge in [0.25, 0.3) is 5.91 Å². The molecule has 0 aliphatic carbocycles. The predicted octanol–water partition coefficient (Wildman–Crippen LogP) is 4.07. The highest BCUT2D eigenvalue weighted by atomic mass is 16.5. The zero-order chi connectivity index (χ0) is 20.2. The van der Waals surface area contributed by atoms with E-state index in [4.69, 9.17) is 9.26 Å². The number of aromatic nitrogens is 3. The molecule has 1 aliphatic rings. The highest BCUT2D eigenvalue weighted by Gasteiger charge is 2.35. The van der Waals surface area contributed by atoms with Crippen LogP contribution in [0.3, 0.4) is 0 Å². The Hall–Kier alpha value is -3.22. The van der Waals surface area contributed by atoms with Crippen molar-refractivity contribution in [2.75, 3.05) is 13.2 Å². The average molecular weight is 392 g/mol. The van der Waals surface area contributed by atoms with Crippen molar-refractivity contribution < 1.29 is 14.1 Å². The van der Waals surface area contributed by atoms with Crippen LogP contribution in [0, 0.1) is 0 Å². The molecule has 0 N–H and O–H groups in total. The lowest BCUT2D eigenvalue weighted by molar-refractivity contribution is 0.0706. The van der Waals surface area contributed by atoms with Gasteiger partial charge in [0.15, 0.2) is 0 Å². The lowest BCUT2D eigenvalue weighted by Gasteiger charge is -2.23. The molecule has 7 nitrogen and oxygen atoms in total. The van der Waals surface area contributed by atoms with Gasteiger partial charge >= 0.3 is 0 Å². The van der Waals surface area contributed by atoms with Gasteiger partial charge in [-0.3, -0.25) is 9.78 Å². The van der Waals surface area contributed by atoms with Gasteiger partial charge in [-0.15, -0.1) is 0 Å². The number of likely N-dealkylation sites (tertiary alicyclic amines) is 1. The van der Waals surface area contributed by atoms with Crippen molar-refractivity contribution in [1.29, 1.82) is 0 Å². The van der Waals surface area contributed by atoms with Gasteiger partial charge < -0.3 is 14.2 Å². The maximum absolute atomic E-state index is 13.3. The molecule has 4 rings (SSSR count). The standard InChI is InChI=1S/C22H24N4O3/c1-3-15-14-23-12-11-16(15)20-24-21(29-25-20)18-9-7-13-26(18)22(27)17-8-5-6-10-19(17)28-4-2/h5-6,8,10-12,14,18H,3-4,7,9,13H2,1-2H3. The first-order valence-electron chi connectivity index (χ1n) is 10.0. The Morgan fingerprint density at radius 3 is 2.97 bits per heavy atom. The molecule has 0 saturated carbocycles. The predicted molar refractivity (Wildman–Crippen MR) is 108 cm³/mol. The van der Waals surface area contributed by atoms with Crippen molar-refractivity contribution in [3.63, 3.8) is 0 Å². The van der Waals surface area contributed by atoms with E-state index < -0.39 is 0 Å². The number of para-hydroxylation sites is 1. The zero-order valence-electron chi connectivity index (χ0n) is 16.7. The SMILES string of the molecule is CCOc1ccccc1C(=O)N1CCCC1c1nc(-c2ccncc2CC)no1. The highest BCUT2D eigenvalue weighted by molar-refractivity contribution is 5.97. The summed E-state index contributed by atoms with van der Waals surface area (Å²) in [5.74, 6) is 1.53. The van der Waals surface area contributed by atoms with Crippen LogP contribution in [-0.2, 0) is 6.42 Å². The van der Waals surface area contributed by atoms with Gasteiger partial charge in [0.1, 0.15) is 11.8 Å². The van der Waals surface area contributed by atoms with E-state index in [0.717, 1.165) is 30.4 Å². The first-order valence-corrected chi connectivity index (χ1v) is 10.0. The van der Waals surface area contributed by atoms with Crippen molar-refractivity contribution >= 4 is 5.91 Å². The molecular formula is C22H24N4O3. The molecule has 1 aromatic carbocycles. The number of carbonyl (C=O) groups excluding carboxylic acids is 1. The number of hydrogen-bond acceptors (Lipinski definition) is 6. The third kappa shape index (κ3) is 3.72. The molecule has 1 saturated heterocycles. The molecule has 0 bridgehead atoms. The molecule has 150 valence electrons. The van der Waals surface area contributed by atoms with Gasteiger partial charge in [-0.2, -0.15) is 4.98 Å². The quantitative estimate of drug-likeness (QED) is 0.629. The second-order valence-electron chi connectivity index (χ2n) is 6.93. The number of amides is 1. The molecule has 0 spiro atoms. The van der Waals surface area contributed by atoms with E-state index >= 15 is 0 Å². The summed E-state index contributed by atoms with van der Waals surface area (Å²) in [4.78, 5) is 23.9. The van der Waals surface area contributed by atoms with Gasteiger partial charge in [0.05, 0.1) is 12.2 Å². The minimum absolute atomic E-state index is 0.0746. The summed E-state index contributed by atoms with van der Waals surface area (Å²) in [7, 11) is 0. The normalized spacial score (nSPS) is 16.2. The van der Waals surface area contributed by atoms with Crippen LogP contribution < -0.4 is 4.74 Å². The number of rotatable bonds is 6. The van der Waals surface area contributed by atoms with Gasteiger partial charge in [-0.25, -0.2) is 0 Å². The lowest BCUT2D eigenvalue weighted by Crippen LogP contribution is -2.31. The van der Waals surface area contributed by atoms with Crippen molar-refractivity contribution in [2.24, 2.45) is 0 Å². The van der Waals surface area contributed by atoms with Gasteiger partial charge in [0.2, 0.25) is 11.7 Å². The van der Waals surface area contributed by atoms with Crippen LogP contribution in [0.1, 0.15) is 54.5 Å². The van der Waals surface area contributed by atoms with Crippen molar-refractivity contribution in [3.05, 3.63) is 59.7 Å². The minimum atomic E-state index is -0.231. The molecule has 1 unspecified atom stereocenters. The van der Waals surface area contributed by atoms with Gasteiger partial charge in [-0.1, -0.05) is 24.2 Å². The smallest absolute Gasteiger partial charge is 0.258 e. The van der Waals surface area contributed by atoms with E-state index in [2.05, 4.69) is 22.0 Å². The Kier molecular flexibility index (Phi) is 5.55. The van der Waals surface area contributed by atoms with Crippen molar-refractivity contribution in [1.82, 2.24) is 20.0 Å². The maximum Gasteiger partial charge on any atom is 0.258 e. The minimum Gasteiger partial charge on any atom is -0.493 e. The number of ether oxygens (including phenoxy) is 1. The third-order valence-corrected chi connectivity index (χ3v) is 5.18. The molecule has 1 aliphatic heterocycles. The van der Waals surface area contributed by atoms with E-state index in [1.165, 1.54) is 0 Å². The fourth-order valence-electron chi connectivity index (χ4n) is 3.75. The molecule has 2 aromatic heterocycles. The topological polar surface area (TPSA) is 81.4 Å². The molecule has 1 amide bonds. The molecule has 1 atom stereocenters. The molecule has 0 radical (unpaired) electrons. The van der Waals surface area contributed by atoms with Crippen LogP contribution in [0.4, 0.5) is 0 Å². The summed E-state index contributed by atoms with van der Waals surface area (Å²) in [6, 6.07) is 9.00. The van der Waals surface area contributed by atoms with Crippen molar-refractivity contribution in [3.8, 4) is 17.1 Å². The lowest BCUT2D eigenvalue weighted by atomic mass is 10.1. The Labute approximate surface area is 169 Å².